The Hall–Kier alpha value is -1.47. The first kappa shape index (κ1) is 28.5. The van der Waals surface area contributed by atoms with E-state index in [-0.39, 0.29) is 12.3 Å². The number of fused-ring (bicyclic) bond motifs is 1. The molecule has 1 N–H and O–H groups in total. The van der Waals surface area contributed by atoms with Gasteiger partial charge in [0.1, 0.15) is 18.0 Å². The lowest BCUT2D eigenvalue weighted by Gasteiger charge is -2.49. The number of ether oxygens (including phenoxy) is 1. The summed E-state index contributed by atoms with van der Waals surface area (Å²) in [4.78, 5) is 45.7. The zero-order valence-electron chi connectivity index (χ0n) is 19.2. The molecule has 3 heterocycles. The number of carbonyl (C=O) groups is 3. The van der Waals surface area contributed by atoms with E-state index in [0.717, 1.165) is 19.4 Å². The highest BCUT2D eigenvalue weighted by atomic mass is 35.6. The summed E-state index contributed by atoms with van der Waals surface area (Å²) in [5.74, 6) is -1.49. The standard InChI is InChI=1S/C23H20Cl3N3O4S4/c1-12(2)18(21(32)33-11-23(24,25)26)29-19(31)17(28-16(30)10-13-6-5-9-34-13)20(29)36-37-22-27-14-7-3-4-8-15(14)35-22/h3-9,17-18,20H,1,10-11H2,2H3,(H,28,30). The highest BCUT2D eigenvalue weighted by Gasteiger charge is 2.54. The molecule has 1 saturated heterocycles. The molecule has 0 spiro atoms. The van der Waals surface area contributed by atoms with Crippen molar-refractivity contribution in [2.24, 2.45) is 0 Å². The number of alkyl halides is 3. The number of rotatable bonds is 10. The summed E-state index contributed by atoms with van der Waals surface area (Å²) in [6.45, 7) is 5.00. The number of hydrogen-bond donors (Lipinski definition) is 1. The van der Waals surface area contributed by atoms with Crippen LogP contribution in [0.15, 0.2) is 58.3 Å². The highest BCUT2D eigenvalue weighted by Crippen LogP contribution is 2.45. The molecule has 3 unspecified atom stereocenters. The zero-order valence-corrected chi connectivity index (χ0v) is 24.7. The Labute approximate surface area is 244 Å². The number of hydrogen-bond acceptors (Lipinski definition) is 9. The number of carbonyl (C=O) groups excluding carboxylic acids is 3. The molecule has 196 valence electrons. The Morgan fingerprint density at radius 3 is 2.68 bits per heavy atom. The lowest BCUT2D eigenvalue weighted by atomic mass is 9.99. The second-order valence-electron chi connectivity index (χ2n) is 8.04. The first-order valence-electron chi connectivity index (χ1n) is 10.7. The average Bonchev–Trinajstić information content (AvgIpc) is 3.49. The SMILES string of the molecule is C=C(C)C(C(=O)OCC(Cl)(Cl)Cl)N1C(=O)C(NC(=O)Cc2cccs2)C1SSc1nc2ccccc2s1. The number of likely N-dealkylation sites (tertiary alicyclic amines) is 1. The minimum atomic E-state index is -1.80. The highest BCUT2D eigenvalue weighted by molar-refractivity contribution is 8.77. The van der Waals surface area contributed by atoms with Crippen LogP contribution >= 0.6 is 79.1 Å². The van der Waals surface area contributed by atoms with E-state index in [1.807, 2.05) is 41.8 Å². The van der Waals surface area contributed by atoms with E-state index in [4.69, 9.17) is 39.5 Å². The van der Waals surface area contributed by atoms with Gasteiger partial charge in [-0.2, -0.15) is 0 Å². The monoisotopic (exact) mass is 635 g/mol. The topological polar surface area (TPSA) is 88.6 Å². The van der Waals surface area contributed by atoms with Crippen LogP contribution in [0.25, 0.3) is 10.2 Å². The van der Waals surface area contributed by atoms with E-state index in [2.05, 4.69) is 16.9 Å². The first-order valence-corrected chi connectivity index (χ1v) is 15.8. The predicted molar refractivity (Wildman–Crippen MR) is 154 cm³/mol. The molecule has 0 radical (unpaired) electrons. The second-order valence-corrected chi connectivity index (χ2v) is 15.2. The third-order valence-corrected chi connectivity index (χ3v) is 10.4. The quantitative estimate of drug-likeness (QED) is 0.0982. The van der Waals surface area contributed by atoms with Gasteiger partial charge in [-0.25, -0.2) is 9.78 Å². The van der Waals surface area contributed by atoms with Crippen LogP contribution in [0.1, 0.15) is 11.8 Å². The molecule has 7 nitrogen and oxygen atoms in total. The van der Waals surface area contributed by atoms with Crippen molar-refractivity contribution in [3.8, 4) is 0 Å². The lowest BCUT2D eigenvalue weighted by Crippen LogP contribution is -2.73. The molecule has 37 heavy (non-hydrogen) atoms. The smallest absolute Gasteiger partial charge is 0.333 e. The maximum absolute atomic E-state index is 13.3. The molecule has 0 saturated carbocycles. The number of para-hydroxylation sites is 1. The molecule has 3 aromatic rings. The largest absolute Gasteiger partial charge is 0.459 e. The van der Waals surface area contributed by atoms with Crippen LogP contribution in [0.4, 0.5) is 0 Å². The molecule has 2 amide bonds. The van der Waals surface area contributed by atoms with E-state index in [1.54, 1.807) is 6.92 Å². The summed E-state index contributed by atoms with van der Waals surface area (Å²) in [7, 11) is 2.69. The van der Waals surface area contributed by atoms with E-state index < -0.39 is 39.7 Å². The molecular formula is C23H20Cl3N3O4S4. The van der Waals surface area contributed by atoms with Crippen LogP contribution in [0.3, 0.4) is 0 Å². The Morgan fingerprint density at radius 1 is 1.27 bits per heavy atom. The molecule has 1 aliphatic heterocycles. The number of aromatic nitrogens is 1. The van der Waals surface area contributed by atoms with Crippen molar-refractivity contribution in [3.63, 3.8) is 0 Å². The second kappa shape index (κ2) is 12.1. The van der Waals surface area contributed by atoms with Gasteiger partial charge in [0, 0.05) is 4.88 Å². The van der Waals surface area contributed by atoms with Crippen molar-refractivity contribution >= 4 is 107 Å². The van der Waals surface area contributed by atoms with Gasteiger partial charge < -0.3 is 15.0 Å². The Balaban J connectivity index is 1.53. The lowest BCUT2D eigenvalue weighted by molar-refractivity contribution is -0.162. The van der Waals surface area contributed by atoms with Crippen LogP contribution in [0, 0.1) is 0 Å². The van der Waals surface area contributed by atoms with Gasteiger partial charge in [-0.1, -0.05) is 70.4 Å². The van der Waals surface area contributed by atoms with Gasteiger partial charge in [-0.15, -0.1) is 22.7 Å². The fourth-order valence-corrected chi connectivity index (χ4v) is 8.38. The van der Waals surface area contributed by atoms with Gasteiger partial charge >= 0.3 is 5.97 Å². The van der Waals surface area contributed by atoms with Crippen LogP contribution in [-0.4, -0.2) is 55.5 Å². The molecule has 1 aromatic carbocycles. The number of nitrogens with one attached hydrogen (secondary N) is 1. The van der Waals surface area contributed by atoms with Crippen LogP contribution in [-0.2, 0) is 25.5 Å². The Bertz CT molecular complexity index is 1280. The van der Waals surface area contributed by atoms with Gasteiger partial charge in [0.15, 0.2) is 10.4 Å². The molecule has 3 atom stereocenters. The summed E-state index contributed by atoms with van der Waals surface area (Å²) >= 11 is 20.2. The summed E-state index contributed by atoms with van der Waals surface area (Å²) in [6, 6.07) is 9.50. The number of nitrogens with zero attached hydrogens (tertiary/aromatic N) is 2. The third-order valence-electron chi connectivity index (χ3n) is 5.15. The van der Waals surface area contributed by atoms with E-state index in [1.165, 1.54) is 49.2 Å². The molecule has 1 aliphatic rings. The summed E-state index contributed by atoms with van der Waals surface area (Å²) < 4.78 is 5.18. The summed E-state index contributed by atoms with van der Waals surface area (Å²) in [5, 5.41) is 4.10. The summed E-state index contributed by atoms with van der Waals surface area (Å²) in [5.41, 5.74) is 1.25. The number of halogens is 3. The molecule has 4 rings (SSSR count). The Morgan fingerprint density at radius 2 is 2.03 bits per heavy atom. The number of esters is 1. The van der Waals surface area contributed by atoms with Gasteiger partial charge in [0.05, 0.1) is 16.6 Å². The number of thiophene rings is 1. The molecular weight excluding hydrogens is 617 g/mol. The molecule has 1 fully saturated rings. The maximum Gasteiger partial charge on any atom is 0.333 e. The van der Waals surface area contributed by atoms with Crippen molar-refractivity contribution in [3.05, 3.63) is 58.8 Å². The van der Waals surface area contributed by atoms with Crippen LogP contribution in [0.5, 0.6) is 0 Å². The van der Waals surface area contributed by atoms with Crippen LogP contribution in [0.2, 0.25) is 0 Å². The molecule has 0 bridgehead atoms. The van der Waals surface area contributed by atoms with E-state index in [0.29, 0.717) is 5.57 Å². The fraction of sp³-hybridized carbons (Fsp3) is 0.304. The summed E-state index contributed by atoms with van der Waals surface area (Å²) in [6.07, 6.45) is 0.152. The third kappa shape index (κ3) is 7.14. The van der Waals surface area contributed by atoms with Crippen LogP contribution < -0.4 is 5.32 Å². The van der Waals surface area contributed by atoms with Crippen molar-refractivity contribution < 1.29 is 19.1 Å². The fourth-order valence-electron chi connectivity index (χ4n) is 3.55. The van der Waals surface area contributed by atoms with E-state index in [9.17, 15) is 14.4 Å². The van der Waals surface area contributed by atoms with Gasteiger partial charge in [0.2, 0.25) is 15.6 Å². The molecule has 0 aliphatic carbocycles. The minimum Gasteiger partial charge on any atom is -0.459 e. The first-order chi connectivity index (χ1) is 17.5. The van der Waals surface area contributed by atoms with Crippen molar-refractivity contribution in [1.29, 1.82) is 0 Å². The number of amides is 2. The van der Waals surface area contributed by atoms with Gasteiger partial charge in [-0.05, 0) is 46.9 Å². The Kier molecular flexibility index (Phi) is 9.37. The van der Waals surface area contributed by atoms with Gasteiger partial charge in [0.25, 0.3) is 0 Å². The van der Waals surface area contributed by atoms with Gasteiger partial charge in [-0.3, -0.25) is 9.59 Å². The van der Waals surface area contributed by atoms with E-state index >= 15 is 0 Å². The number of thiazole rings is 1. The maximum atomic E-state index is 13.3. The predicted octanol–water partition coefficient (Wildman–Crippen LogP) is 5.85. The molecule has 14 heteroatoms. The van der Waals surface area contributed by atoms with Crippen molar-refractivity contribution in [2.75, 3.05) is 6.61 Å². The minimum absolute atomic E-state index is 0.152. The zero-order chi connectivity index (χ0) is 26.7. The number of β-lactam (4-membered cyclic amide) rings is 1. The molecule has 2 aromatic heterocycles. The average molecular weight is 637 g/mol. The number of benzene rings is 1. The normalized spacial score (nSPS) is 18.4. The van der Waals surface area contributed by atoms with Crippen molar-refractivity contribution in [2.45, 2.75) is 38.9 Å². The van der Waals surface area contributed by atoms with Crippen molar-refractivity contribution in [1.82, 2.24) is 15.2 Å².